The second-order valence-corrected chi connectivity index (χ2v) is 4.39. The Morgan fingerprint density at radius 3 is 2.25 bits per heavy atom. The normalized spacial score (nSPS) is 18.3. The van der Waals surface area contributed by atoms with Gasteiger partial charge < -0.3 is 16.2 Å². The Kier molecular flexibility index (Phi) is 5.44. The zero-order valence-corrected chi connectivity index (χ0v) is 10.4. The third kappa shape index (κ3) is 3.48. The molecule has 5 nitrogen and oxygen atoms in total. The van der Waals surface area contributed by atoms with Crippen molar-refractivity contribution in [3.8, 4) is 0 Å². The van der Waals surface area contributed by atoms with Crippen LogP contribution in [0.3, 0.4) is 0 Å². The first-order valence-electron chi connectivity index (χ1n) is 5.59. The summed E-state index contributed by atoms with van der Waals surface area (Å²) in [6, 6.07) is -0.657. The molecule has 0 spiro atoms. The predicted octanol–water partition coefficient (Wildman–Crippen LogP) is 0.729. The number of carboxylic acids is 1. The lowest BCUT2D eigenvalue weighted by atomic mass is 9.95. The van der Waals surface area contributed by atoms with Crippen molar-refractivity contribution in [2.45, 2.75) is 52.1 Å². The Hall–Kier alpha value is -1.10. The van der Waals surface area contributed by atoms with E-state index in [1.807, 2.05) is 13.8 Å². The first-order chi connectivity index (χ1) is 7.28. The van der Waals surface area contributed by atoms with Crippen molar-refractivity contribution in [1.29, 1.82) is 0 Å². The lowest BCUT2D eigenvalue weighted by Crippen LogP contribution is -2.57. The SMILES string of the molecule is CCC(C)[C@H](N)C(=O)NC(C)(CC)C(=O)O. The number of carbonyl (C=O) groups excluding carboxylic acids is 1. The molecular formula is C11H22N2O3. The van der Waals surface area contributed by atoms with Gasteiger partial charge in [-0.05, 0) is 19.3 Å². The van der Waals surface area contributed by atoms with E-state index < -0.39 is 23.5 Å². The third-order valence-electron chi connectivity index (χ3n) is 3.14. The predicted molar refractivity (Wildman–Crippen MR) is 61.9 cm³/mol. The lowest BCUT2D eigenvalue weighted by molar-refractivity contribution is -0.147. The number of aliphatic carboxylic acids is 1. The van der Waals surface area contributed by atoms with Crippen LogP contribution in [0.25, 0.3) is 0 Å². The van der Waals surface area contributed by atoms with Gasteiger partial charge in [0.05, 0.1) is 6.04 Å². The summed E-state index contributed by atoms with van der Waals surface area (Å²) < 4.78 is 0. The quantitative estimate of drug-likeness (QED) is 0.627. The van der Waals surface area contributed by atoms with Crippen LogP contribution < -0.4 is 11.1 Å². The highest BCUT2D eigenvalue weighted by Crippen LogP contribution is 2.12. The number of nitrogens with two attached hydrogens (primary N) is 1. The average Bonchev–Trinajstić information content (AvgIpc) is 2.26. The van der Waals surface area contributed by atoms with Crippen molar-refractivity contribution in [3.63, 3.8) is 0 Å². The minimum Gasteiger partial charge on any atom is -0.480 e. The Morgan fingerprint density at radius 2 is 1.94 bits per heavy atom. The number of nitrogens with one attached hydrogen (secondary N) is 1. The molecule has 16 heavy (non-hydrogen) atoms. The molecule has 0 aromatic heterocycles. The largest absolute Gasteiger partial charge is 0.480 e. The maximum Gasteiger partial charge on any atom is 0.329 e. The van der Waals surface area contributed by atoms with Crippen LogP contribution in [0.2, 0.25) is 0 Å². The highest BCUT2D eigenvalue weighted by molar-refractivity contribution is 5.89. The Balaban J connectivity index is 4.60. The standard InChI is InChI=1S/C11H22N2O3/c1-5-7(3)8(12)9(14)13-11(4,6-2)10(15)16/h7-8H,5-6,12H2,1-4H3,(H,13,14)(H,15,16)/t7?,8-,11?/m0/s1. The van der Waals surface area contributed by atoms with Gasteiger partial charge in [0, 0.05) is 0 Å². The fourth-order valence-corrected chi connectivity index (χ4v) is 1.16. The summed E-state index contributed by atoms with van der Waals surface area (Å²) in [5, 5.41) is 11.5. The van der Waals surface area contributed by atoms with Crippen LogP contribution in [-0.4, -0.2) is 28.6 Å². The van der Waals surface area contributed by atoms with Crippen LogP contribution >= 0.6 is 0 Å². The van der Waals surface area contributed by atoms with Gasteiger partial charge in [0.1, 0.15) is 5.54 Å². The van der Waals surface area contributed by atoms with Crippen molar-refractivity contribution in [3.05, 3.63) is 0 Å². The molecule has 0 heterocycles. The zero-order valence-electron chi connectivity index (χ0n) is 10.4. The number of hydrogen-bond donors (Lipinski definition) is 3. The van der Waals surface area contributed by atoms with Gasteiger partial charge in [-0.3, -0.25) is 4.79 Å². The summed E-state index contributed by atoms with van der Waals surface area (Å²) >= 11 is 0. The smallest absolute Gasteiger partial charge is 0.329 e. The van der Waals surface area contributed by atoms with E-state index in [0.717, 1.165) is 6.42 Å². The summed E-state index contributed by atoms with van der Waals surface area (Å²) in [5.41, 5.74) is 4.49. The van der Waals surface area contributed by atoms with Crippen LogP contribution in [-0.2, 0) is 9.59 Å². The van der Waals surface area contributed by atoms with Gasteiger partial charge in [-0.25, -0.2) is 4.79 Å². The van der Waals surface area contributed by atoms with Gasteiger partial charge in [-0.1, -0.05) is 27.2 Å². The molecule has 0 aliphatic carbocycles. The summed E-state index contributed by atoms with van der Waals surface area (Å²) in [6.45, 7) is 7.00. The number of amides is 1. The Labute approximate surface area is 96.4 Å². The van der Waals surface area contributed by atoms with E-state index in [1.54, 1.807) is 6.92 Å². The second-order valence-electron chi connectivity index (χ2n) is 4.39. The molecular weight excluding hydrogens is 208 g/mol. The highest BCUT2D eigenvalue weighted by Gasteiger charge is 2.34. The van der Waals surface area contributed by atoms with Gasteiger partial charge in [-0.2, -0.15) is 0 Å². The van der Waals surface area contributed by atoms with Crippen molar-refractivity contribution >= 4 is 11.9 Å². The topological polar surface area (TPSA) is 92.4 Å². The summed E-state index contributed by atoms with van der Waals surface area (Å²) in [6.07, 6.45) is 1.10. The summed E-state index contributed by atoms with van der Waals surface area (Å²) in [4.78, 5) is 22.7. The molecule has 5 heteroatoms. The van der Waals surface area contributed by atoms with E-state index in [4.69, 9.17) is 10.8 Å². The average molecular weight is 230 g/mol. The fraction of sp³-hybridized carbons (Fsp3) is 0.818. The second kappa shape index (κ2) is 5.84. The minimum absolute atomic E-state index is 0.0369. The van der Waals surface area contributed by atoms with E-state index in [1.165, 1.54) is 6.92 Å². The molecule has 0 bridgehead atoms. The highest BCUT2D eigenvalue weighted by atomic mass is 16.4. The molecule has 2 unspecified atom stereocenters. The maximum absolute atomic E-state index is 11.7. The van der Waals surface area contributed by atoms with E-state index in [2.05, 4.69) is 5.32 Å². The minimum atomic E-state index is -1.23. The van der Waals surface area contributed by atoms with Crippen molar-refractivity contribution < 1.29 is 14.7 Å². The van der Waals surface area contributed by atoms with Gasteiger partial charge >= 0.3 is 5.97 Å². The van der Waals surface area contributed by atoms with Crippen molar-refractivity contribution in [1.82, 2.24) is 5.32 Å². The molecule has 0 radical (unpaired) electrons. The van der Waals surface area contributed by atoms with E-state index >= 15 is 0 Å². The van der Waals surface area contributed by atoms with E-state index in [-0.39, 0.29) is 5.92 Å². The van der Waals surface area contributed by atoms with Crippen LogP contribution in [0.5, 0.6) is 0 Å². The monoisotopic (exact) mass is 230 g/mol. The van der Waals surface area contributed by atoms with E-state index in [9.17, 15) is 9.59 Å². The van der Waals surface area contributed by atoms with E-state index in [0.29, 0.717) is 6.42 Å². The van der Waals surface area contributed by atoms with Crippen LogP contribution in [0.1, 0.15) is 40.5 Å². The first kappa shape index (κ1) is 14.9. The molecule has 0 fully saturated rings. The Morgan fingerprint density at radius 1 is 1.44 bits per heavy atom. The molecule has 4 N–H and O–H groups in total. The van der Waals surface area contributed by atoms with Gasteiger partial charge in [0.2, 0.25) is 5.91 Å². The molecule has 94 valence electrons. The number of rotatable bonds is 6. The van der Waals surface area contributed by atoms with Crippen molar-refractivity contribution in [2.24, 2.45) is 11.7 Å². The fourth-order valence-electron chi connectivity index (χ4n) is 1.16. The summed E-state index contributed by atoms with van der Waals surface area (Å²) in [5.74, 6) is -1.41. The molecule has 0 aliphatic rings. The molecule has 0 aliphatic heterocycles. The molecule has 3 atom stereocenters. The number of hydrogen-bond acceptors (Lipinski definition) is 3. The third-order valence-corrected chi connectivity index (χ3v) is 3.14. The van der Waals surface area contributed by atoms with Gasteiger partial charge in [0.15, 0.2) is 0 Å². The summed E-state index contributed by atoms with van der Waals surface area (Å²) in [7, 11) is 0. The molecule has 0 aromatic rings. The van der Waals surface area contributed by atoms with Crippen LogP contribution in [0, 0.1) is 5.92 Å². The van der Waals surface area contributed by atoms with Crippen LogP contribution in [0.4, 0.5) is 0 Å². The molecule has 0 rings (SSSR count). The van der Waals surface area contributed by atoms with Crippen LogP contribution in [0.15, 0.2) is 0 Å². The number of carbonyl (C=O) groups is 2. The maximum atomic E-state index is 11.7. The van der Waals surface area contributed by atoms with Gasteiger partial charge in [-0.15, -0.1) is 0 Å². The number of carboxylic acid groups (broad SMARTS) is 1. The lowest BCUT2D eigenvalue weighted by Gasteiger charge is -2.27. The molecule has 0 aromatic carbocycles. The van der Waals surface area contributed by atoms with Gasteiger partial charge in [0.25, 0.3) is 0 Å². The van der Waals surface area contributed by atoms with Crippen molar-refractivity contribution in [2.75, 3.05) is 0 Å². The molecule has 0 saturated heterocycles. The Bertz CT molecular complexity index is 268. The first-order valence-corrected chi connectivity index (χ1v) is 5.59. The zero-order chi connectivity index (χ0) is 12.9. The molecule has 0 saturated carbocycles. The molecule has 1 amide bonds.